The van der Waals surface area contributed by atoms with E-state index >= 15 is 0 Å². The number of methoxy groups -OCH3 is 1. The third-order valence-corrected chi connectivity index (χ3v) is 1.65. The van der Waals surface area contributed by atoms with Crippen molar-refractivity contribution in [3.8, 4) is 0 Å². The van der Waals surface area contributed by atoms with Gasteiger partial charge in [-0.1, -0.05) is 13.3 Å². The first kappa shape index (κ1) is 12.4. The summed E-state index contributed by atoms with van der Waals surface area (Å²) in [6.45, 7) is 2.57. The molecule has 0 spiro atoms. The second kappa shape index (κ2) is 8.01. The summed E-state index contributed by atoms with van der Waals surface area (Å²) in [4.78, 5) is 11.0. The van der Waals surface area contributed by atoms with Gasteiger partial charge in [-0.25, -0.2) is 0 Å². The number of carbonyl (C=O) groups excluding carboxylic acids is 1. The predicted molar refractivity (Wildman–Crippen MR) is 50.4 cm³/mol. The maximum atomic E-state index is 11.0. The topological polar surface area (TPSA) is 58.6 Å². The van der Waals surface area contributed by atoms with Crippen LogP contribution in [-0.2, 0) is 9.53 Å². The molecule has 0 saturated carbocycles. The molecule has 0 bridgehead atoms. The molecule has 0 fully saturated rings. The van der Waals surface area contributed by atoms with E-state index in [2.05, 4.69) is 5.32 Å². The molecule has 0 rings (SSSR count). The van der Waals surface area contributed by atoms with Crippen molar-refractivity contribution in [3.63, 3.8) is 0 Å². The number of aliphatic hydroxyl groups is 1. The Labute approximate surface area is 79.3 Å². The van der Waals surface area contributed by atoms with Gasteiger partial charge in [-0.05, 0) is 6.42 Å². The minimum absolute atomic E-state index is 0.00277. The normalized spacial score (nSPS) is 12.5. The summed E-state index contributed by atoms with van der Waals surface area (Å²) in [7, 11) is 1.52. The van der Waals surface area contributed by atoms with Crippen LogP contribution in [0, 0.1) is 0 Å². The van der Waals surface area contributed by atoms with E-state index in [0.29, 0.717) is 6.42 Å². The minimum Gasteiger partial charge on any atom is -0.389 e. The smallest absolute Gasteiger partial charge is 0.220 e. The van der Waals surface area contributed by atoms with Gasteiger partial charge in [0.15, 0.2) is 0 Å². The number of aliphatic hydroxyl groups excluding tert-OH is 1. The highest BCUT2D eigenvalue weighted by Gasteiger charge is 2.05. The first-order chi connectivity index (χ1) is 6.20. The lowest BCUT2D eigenvalue weighted by molar-refractivity contribution is -0.121. The third-order valence-electron chi connectivity index (χ3n) is 1.65. The standard InChI is InChI=1S/C9H19NO3/c1-3-4-5-9(12)10-6-8(11)7-13-2/h8,11H,3-7H2,1-2H3,(H,10,12). The highest BCUT2D eigenvalue weighted by Crippen LogP contribution is 1.93. The summed E-state index contributed by atoms with van der Waals surface area (Å²) in [6, 6.07) is 0. The summed E-state index contributed by atoms with van der Waals surface area (Å²) in [5.41, 5.74) is 0. The first-order valence-corrected chi connectivity index (χ1v) is 4.64. The molecule has 0 aromatic carbocycles. The van der Waals surface area contributed by atoms with Gasteiger partial charge in [0.05, 0.1) is 12.7 Å². The molecule has 0 heterocycles. The summed E-state index contributed by atoms with van der Waals surface area (Å²) in [6.07, 6.45) is 1.84. The molecule has 4 heteroatoms. The number of amides is 1. The average molecular weight is 189 g/mol. The molecule has 0 aromatic heterocycles. The molecule has 78 valence electrons. The van der Waals surface area contributed by atoms with Crippen LogP contribution < -0.4 is 5.32 Å². The van der Waals surface area contributed by atoms with E-state index in [9.17, 15) is 9.90 Å². The van der Waals surface area contributed by atoms with Crippen LogP contribution in [-0.4, -0.2) is 37.4 Å². The highest BCUT2D eigenvalue weighted by atomic mass is 16.5. The second-order valence-electron chi connectivity index (χ2n) is 3.02. The molecule has 2 N–H and O–H groups in total. The molecule has 0 aliphatic carbocycles. The Morgan fingerprint density at radius 3 is 2.85 bits per heavy atom. The molecular formula is C9H19NO3. The largest absolute Gasteiger partial charge is 0.389 e. The van der Waals surface area contributed by atoms with Crippen molar-refractivity contribution in [1.82, 2.24) is 5.32 Å². The van der Waals surface area contributed by atoms with Crippen molar-refractivity contribution in [2.75, 3.05) is 20.3 Å². The van der Waals surface area contributed by atoms with E-state index < -0.39 is 6.10 Å². The molecule has 0 aliphatic heterocycles. The Balaban J connectivity index is 3.34. The van der Waals surface area contributed by atoms with E-state index in [1.165, 1.54) is 7.11 Å². The van der Waals surface area contributed by atoms with E-state index in [1.807, 2.05) is 6.92 Å². The van der Waals surface area contributed by atoms with E-state index in [0.717, 1.165) is 12.8 Å². The Morgan fingerprint density at radius 1 is 1.62 bits per heavy atom. The first-order valence-electron chi connectivity index (χ1n) is 4.64. The maximum absolute atomic E-state index is 11.0. The quantitative estimate of drug-likeness (QED) is 0.605. The van der Waals surface area contributed by atoms with Crippen LogP contribution in [0.15, 0.2) is 0 Å². The molecule has 0 aromatic rings. The number of carbonyl (C=O) groups is 1. The number of rotatable bonds is 7. The summed E-state index contributed by atoms with van der Waals surface area (Å²) in [5.74, 6) is -0.00277. The van der Waals surface area contributed by atoms with Crippen molar-refractivity contribution in [3.05, 3.63) is 0 Å². The van der Waals surface area contributed by atoms with Gasteiger partial charge >= 0.3 is 0 Å². The maximum Gasteiger partial charge on any atom is 0.220 e. The molecule has 13 heavy (non-hydrogen) atoms. The highest BCUT2D eigenvalue weighted by molar-refractivity contribution is 5.75. The fraction of sp³-hybridized carbons (Fsp3) is 0.889. The van der Waals surface area contributed by atoms with E-state index in [-0.39, 0.29) is 19.1 Å². The summed E-state index contributed by atoms with van der Waals surface area (Å²) < 4.78 is 4.72. The Kier molecular flexibility index (Phi) is 7.63. The molecule has 0 radical (unpaired) electrons. The summed E-state index contributed by atoms with van der Waals surface area (Å²) in [5, 5.41) is 11.8. The van der Waals surface area contributed by atoms with Crippen LogP contribution in [0.5, 0.6) is 0 Å². The van der Waals surface area contributed by atoms with Gasteiger partial charge in [0.2, 0.25) is 5.91 Å². The lowest BCUT2D eigenvalue weighted by Gasteiger charge is -2.10. The SMILES string of the molecule is CCCCC(=O)NCC(O)COC. The Morgan fingerprint density at radius 2 is 2.31 bits per heavy atom. The third kappa shape index (κ3) is 7.74. The molecule has 1 amide bonds. The van der Waals surface area contributed by atoms with Crippen LogP contribution in [0.25, 0.3) is 0 Å². The lowest BCUT2D eigenvalue weighted by Crippen LogP contribution is -2.34. The lowest BCUT2D eigenvalue weighted by atomic mass is 10.2. The van der Waals surface area contributed by atoms with Gasteiger partial charge in [-0.3, -0.25) is 4.79 Å². The van der Waals surface area contributed by atoms with Crippen LogP contribution in [0.3, 0.4) is 0 Å². The molecule has 1 unspecified atom stereocenters. The van der Waals surface area contributed by atoms with Crippen molar-refractivity contribution in [2.24, 2.45) is 0 Å². The number of hydrogen-bond donors (Lipinski definition) is 2. The molecule has 0 saturated heterocycles. The summed E-state index contributed by atoms with van der Waals surface area (Å²) >= 11 is 0. The van der Waals surface area contributed by atoms with Crippen LogP contribution in [0.1, 0.15) is 26.2 Å². The van der Waals surface area contributed by atoms with Crippen molar-refractivity contribution >= 4 is 5.91 Å². The fourth-order valence-electron chi connectivity index (χ4n) is 0.909. The van der Waals surface area contributed by atoms with Gasteiger partial charge in [-0.15, -0.1) is 0 Å². The predicted octanol–water partition coefficient (Wildman–Crippen LogP) is 0.300. The zero-order chi connectivity index (χ0) is 10.1. The van der Waals surface area contributed by atoms with Gasteiger partial charge < -0.3 is 15.2 Å². The Hall–Kier alpha value is -0.610. The number of unbranched alkanes of at least 4 members (excludes halogenated alkanes) is 1. The average Bonchev–Trinajstić information content (AvgIpc) is 2.12. The van der Waals surface area contributed by atoms with Gasteiger partial charge in [0.25, 0.3) is 0 Å². The molecule has 0 aliphatic rings. The molecular weight excluding hydrogens is 170 g/mol. The van der Waals surface area contributed by atoms with Gasteiger partial charge in [0.1, 0.15) is 0 Å². The number of ether oxygens (including phenoxy) is 1. The van der Waals surface area contributed by atoms with E-state index in [4.69, 9.17) is 4.74 Å². The fourth-order valence-corrected chi connectivity index (χ4v) is 0.909. The monoisotopic (exact) mass is 189 g/mol. The van der Waals surface area contributed by atoms with Crippen molar-refractivity contribution in [2.45, 2.75) is 32.3 Å². The van der Waals surface area contributed by atoms with Crippen molar-refractivity contribution < 1.29 is 14.6 Å². The van der Waals surface area contributed by atoms with E-state index in [1.54, 1.807) is 0 Å². The van der Waals surface area contributed by atoms with Crippen molar-refractivity contribution in [1.29, 1.82) is 0 Å². The van der Waals surface area contributed by atoms with Gasteiger partial charge in [0, 0.05) is 20.1 Å². The van der Waals surface area contributed by atoms with Gasteiger partial charge in [-0.2, -0.15) is 0 Å². The second-order valence-corrected chi connectivity index (χ2v) is 3.02. The molecule has 4 nitrogen and oxygen atoms in total. The van der Waals surface area contributed by atoms with Crippen LogP contribution >= 0.6 is 0 Å². The number of hydrogen-bond acceptors (Lipinski definition) is 3. The zero-order valence-corrected chi connectivity index (χ0v) is 8.38. The minimum atomic E-state index is -0.601. The Bertz CT molecular complexity index is 139. The number of nitrogens with one attached hydrogen (secondary N) is 1. The van der Waals surface area contributed by atoms with Crippen LogP contribution in [0.4, 0.5) is 0 Å². The zero-order valence-electron chi connectivity index (χ0n) is 8.38. The van der Waals surface area contributed by atoms with Crippen LogP contribution in [0.2, 0.25) is 0 Å². The molecule has 1 atom stereocenters.